The van der Waals surface area contributed by atoms with Gasteiger partial charge >= 0.3 is 0 Å². The molecule has 0 spiro atoms. The lowest BCUT2D eigenvalue weighted by Crippen LogP contribution is -2.40. The Morgan fingerprint density at radius 2 is 2.05 bits per heavy atom. The minimum absolute atomic E-state index is 0. The van der Waals surface area contributed by atoms with Crippen molar-refractivity contribution in [2.75, 3.05) is 30.3 Å². The second-order valence-corrected chi connectivity index (χ2v) is 7.28. The van der Waals surface area contributed by atoms with Crippen LogP contribution < -0.4 is 5.73 Å². The minimum Gasteiger partial charge on any atom is -0.337 e. The number of benzene rings is 1. The molecule has 1 fully saturated rings. The summed E-state index contributed by atoms with van der Waals surface area (Å²) in [6.45, 7) is 2.08. The van der Waals surface area contributed by atoms with Crippen LogP contribution in [0.4, 0.5) is 0 Å². The first-order chi connectivity index (χ1) is 9.81. The summed E-state index contributed by atoms with van der Waals surface area (Å²) >= 11 is 3.69. The number of carbonyl (C=O) groups is 1. The van der Waals surface area contributed by atoms with Gasteiger partial charge in [-0.15, -0.1) is 24.2 Å². The minimum atomic E-state index is 0. The van der Waals surface area contributed by atoms with Gasteiger partial charge in [-0.2, -0.15) is 11.8 Å². The van der Waals surface area contributed by atoms with Gasteiger partial charge in [0.15, 0.2) is 0 Å². The Morgan fingerprint density at radius 3 is 2.67 bits per heavy atom. The maximum Gasteiger partial charge on any atom is 0.236 e. The molecule has 21 heavy (non-hydrogen) atoms. The molecule has 1 aromatic carbocycles. The van der Waals surface area contributed by atoms with Gasteiger partial charge in [0.25, 0.3) is 0 Å². The van der Waals surface area contributed by atoms with E-state index in [0.29, 0.717) is 13.1 Å². The third kappa shape index (κ3) is 6.10. The Bertz CT molecular complexity index is 413. The van der Waals surface area contributed by atoms with Crippen molar-refractivity contribution in [2.45, 2.75) is 18.2 Å². The molecule has 3 nitrogen and oxygen atoms in total. The van der Waals surface area contributed by atoms with Gasteiger partial charge < -0.3 is 10.6 Å². The van der Waals surface area contributed by atoms with Gasteiger partial charge in [0.2, 0.25) is 5.91 Å². The largest absolute Gasteiger partial charge is 0.337 e. The highest BCUT2D eigenvalue weighted by molar-refractivity contribution is 8.07. The smallest absolute Gasteiger partial charge is 0.236 e. The highest BCUT2D eigenvalue weighted by Crippen LogP contribution is 2.26. The van der Waals surface area contributed by atoms with Crippen molar-refractivity contribution in [3.05, 3.63) is 35.9 Å². The van der Waals surface area contributed by atoms with E-state index in [4.69, 9.17) is 5.73 Å². The molecule has 0 bridgehead atoms. The van der Waals surface area contributed by atoms with Crippen molar-refractivity contribution < 1.29 is 4.79 Å². The van der Waals surface area contributed by atoms with Crippen molar-refractivity contribution in [1.29, 1.82) is 0 Å². The Balaban J connectivity index is 0.00000220. The fourth-order valence-corrected chi connectivity index (χ4v) is 4.82. The lowest BCUT2D eigenvalue weighted by molar-refractivity contribution is -0.130. The van der Waals surface area contributed by atoms with Crippen LogP contribution in [0.2, 0.25) is 0 Å². The van der Waals surface area contributed by atoms with Gasteiger partial charge in [0.05, 0.1) is 5.25 Å². The van der Waals surface area contributed by atoms with Crippen molar-refractivity contribution >= 4 is 41.8 Å². The number of rotatable bonds is 6. The first-order valence-electron chi connectivity index (χ1n) is 7.03. The van der Waals surface area contributed by atoms with E-state index in [9.17, 15) is 4.79 Å². The second kappa shape index (κ2) is 10.4. The molecular formula is C15H23ClN2OS2. The maximum atomic E-state index is 12.7. The summed E-state index contributed by atoms with van der Waals surface area (Å²) < 4.78 is 0. The molecule has 1 aliphatic rings. The Hall–Kier alpha value is -0.360. The summed E-state index contributed by atoms with van der Waals surface area (Å²) in [6.07, 6.45) is 0.864. The molecule has 1 saturated heterocycles. The quantitative estimate of drug-likeness (QED) is 0.860. The topological polar surface area (TPSA) is 46.3 Å². The van der Waals surface area contributed by atoms with E-state index in [1.165, 1.54) is 5.56 Å². The molecule has 1 heterocycles. The number of nitrogens with two attached hydrogens (primary N) is 1. The average Bonchev–Trinajstić information content (AvgIpc) is 2.52. The molecule has 0 aromatic heterocycles. The highest BCUT2D eigenvalue weighted by atomic mass is 35.5. The van der Waals surface area contributed by atoms with E-state index in [-0.39, 0.29) is 23.6 Å². The number of halogens is 1. The molecule has 6 heteroatoms. The molecule has 1 unspecified atom stereocenters. The van der Waals surface area contributed by atoms with Crippen LogP contribution >= 0.6 is 35.9 Å². The van der Waals surface area contributed by atoms with Crippen LogP contribution in [0, 0.1) is 0 Å². The van der Waals surface area contributed by atoms with Crippen LogP contribution in [-0.2, 0) is 11.3 Å². The second-order valence-electron chi connectivity index (χ2n) is 4.82. The van der Waals surface area contributed by atoms with E-state index < -0.39 is 0 Å². The normalized spacial score (nSPS) is 17.9. The molecule has 0 radical (unpaired) electrons. The van der Waals surface area contributed by atoms with Crippen LogP contribution in [0.25, 0.3) is 0 Å². The van der Waals surface area contributed by atoms with Gasteiger partial charge in [0, 0.05) is 30.3 Å². The van der Waals surface area contributed by atoms with E-state index >= 15 is 0 Å². The number of nitrogens with zero attached hydrogens (tertiary/aromatic N) is 1. The molecule has 1 aliphatic heterocycles. The van der Waals surface area contributed by atoms with E-state index in [1.807, 2.05) is 34.9 Å². The number of amides is 1. The summed E-state index contributed by atoms with van der Waals surface area (Å²) in [5, 5.41) is 0.121. The summed E-state index contributed by atoms with van der Waals surface area (Å²) in [5.41, 5.74) is 6.79. The van der Waals surface area contributed by atoms with Gasteiger partial charge in [-0.1, -0.05) is 30.3 Å². The molecule has 1 atom stereocenters. The van der Waals surface area contributed by atoms with Crippen molar-refractivity contribution in [2.24, 2.45) is 5.73 Å². The fraction of sp³-hybridized carbons (Fsp3) is 0.533. The van der Waals surface area contributed by atoms with Crippen molar-refractivity contribution in [3.63, 3.8) is 0 Å². The molecule has 1 amide bonds. The van der Waals surface area contributed by atoms with Gasteiger partial charge in [-0.25, -0.2) is 0 Å². The van der Waals surface area contributed by atoms with Crippen LogP contribution in [0.5, 0.6) is 0 Å². The SMILES string of the molecule is Cl.NCCCN(Cc1ccccc1)C(=O)C1CSCCS1. The van der Waals surface area contributed by atoms with E-state index in [2.05, 4.69) is 12.1 Å². The molecule has 0 saturated carbocycles. The number of carbonyl (C=O) groups excluding carboxylic acids is 1. The Labute approximate surface area is 141 Å². The van der Waals surface area contributed by atoms with Crippen molar-refractivity contribution in [3.8, 4) is 0 Å². The van der Waals surface area contributed by atoms with Crippen molar-refractivity contribution in [1.82, 2.24) is 4.90 Å². The molecule has 1 aromatic rings. The van der Waals surface area contributed by atoms with Gasteiger partial charge in [-0.3, -0.25) is 4.79 Å². The lowest BCUT2D eigenvalue weighted by Gasteiger charge is -2.29. The monoisotopic (exact) mass is 346 g/mol. The third-order valence-electron chi connectivity index (χ3n) is 3.25. The average molecular weight is 347 g/mol. The van der Waals surface area contributed by atoms with Crippen LogP contribution in [-0.4, -0.2) is 46.4 Å². The predicted octanol–water partition coefficient (Wildman–Crippen LogP) is 2.63. The van der Waals surface area contributed by atoms with Crippen LogP contribution in [0.1, 0.15) is 12.0 Å². The van der Waals surface area contributed by atoms with Gasteiger partial charge in [-0.05, 0) is 18.5 Å². The third-order valence-corrected chi connectivity index (χ3v) is 5.99. The molecule has 2 rings (SSSR count). The molecule has 0 aliphatic carbocycles. The summed E-state index contributed by atoms with van der Waals surface area (Å²) in [6, 6.07) is 10.2. The van der Waals surface area contributed by atoms with Crippen LogP contribution in [0.15, 0.2) is 30.3 Å². The zero-order valence-corrected chi connectivity index (χ0v) is 14.5. The first-order valence-corrected chi connectivity index (χ1v) is 9.23. The zero-order valence-electron chi connectivity index (χ0n) is 12.1. The molecule has 2 N–H and O–H groups in total. The predicted molar refractivity (Wildman–Crippen MR) is 96.3 cm³/mol. The zero-order chi connectivity index (χ0) is 14.2. The van der Waals surface area contributed by atoms with E-state index in [1.54, 1.807) is 11.8 Å². The number of thioether (sulfide) groups is 2. The molecular weight excluding hydrogens is 324 g/mol. The fourth-order valence-electron chi connectivity index (χ4n) is 2.19. The lowest BCUT2D eigenvalue weighted by atomic mass is 10.2. The summed E-state index contributed by atoms with van der Waals surface area (Å²) in [7, 11) is 0. The number of hydrogen-bond acceptors (Lipinski definition) is 4. The summed E-state index contributed by atoms with van der Waals surface area (Å²) in [5.74, 6) is 3.46. The van der Waals surface area contributed by atoms with E-state index in [0.717, 1.165) is 30.2 Å². The Kier molecular flexibility index (Phi) is 9.24. The van der Waals surface area contributed by atoms with Crippen LogP contribution in [0.3, 0.4) is 0 Å². The standard InChI is InChI=1S/C15H22N2OS2.ClH/c16-7-4-8-17(11-13-5-2-1-3-6-13)15(18)14-12-19-9-10-20-14;/h1-3,5-6,14H,4,7-12,16H2;1H. The number of hydrogen-bond donors (Lipinski definition) is 1. The molecule has 118 valence electrons. The Morgan fingerprint density at radius 1 is 1.29 bits per heavy atom. The highest BCUT2D eigenvalue weighted by Gasteiger charge is 2.26. The maximum absolute atomic E-state index is 12.7. The summed E-state index contributed by atoms with van der Waals surface area (Å²) in [4.78, 5) is 14.6. The van der Waals surface area contributed by atoms with Gasteiger partial charge in [0.1, 0.15) is 0 Å². The first kappa shape index (κ1) is 18.7.